The summed E-state index contributed by atoms with van der Waals surface area (Å²) in [5, 5.41) is 22.0. The maximum absolute atomic E-state index is 13.6. The average Bonchev–Trinajstić information content (AvgIpc) is 3.39. The molecule has 9 nitrogen and oxygen atoms in total. The van der Waals surface area contributed by atoms with Gasteiger partial charge in [0.1, 0.15) is 23.8 Å². The smallest absolute Gasteiger partial charge is 0.273 e. The Hall–Kier alpha value is -3.34. The van der Waals surface area contributed by atoms with Gasteiger partial charge in [0.05, 0.1) is 24.8 Å². The number of aliphatic hydroxyl groups excluding tert-OH is 1. The Morgan fingerprint density at radius 1 is 1.29 bits per heavy atom. The third-order valence-electron chi connectivity index (χ3n) is 5.94. The lowest BCUT2D eigenvalue weighted by atomic mass is 10.1. The number of aromatic nitrogens is 3. The fourth-order valence-electron chi connectivity index (χ4n) is 4.40. The molecule has 180 valence electrons. The van der Waals surface area contributed by atoms with Crippen molar-refractivity contribution in [2.24, 2.45) is 5.73 Å². The monoisotopic (exact) mass is 468 g/mol. The highest BCUT2D eigenvalue weighted by molar-refractivity contribution is 5.92. The van der Waals surface area contributed by atoms with Gasteiger partial charge >= 0.3 is 0 Å². The summed E-state index contributed by atoms with van der Waals surface area (Å²) < 4.78 is 21.1. The molecule has 1 aliphatic carbocycles. The number of ether oxygens (including phenoxy) is 1. The molecule has 4 atom stereocenters. The second-order valence-electron chi connectivity index (χ2n) is 8.47. The Labute approximate surface area is 197 Å². The van der Waals surface area contributed by atoms with Gasteiger partial charge in [-0.05, 0) is 24.7 Å². The second-order valence-corrected chi connectivity index (χ2v) is 8.47. The SMILES string of the molecule is CN(Cc1ccccc1)[C@@H]1[C@@H](O)[C@H](Oc2cccc(F)c2)C[C@H]1NC(=O)c1cn(CCN)nn1. The van der Waals surface area contributed by atoms with Gasteiger partial charge in [0.2, 0.25) is 0 Å². The number of hydrogen-bond acceptors (Lipinski definition) is 7. The Morgan fingerprint density at radius 3 is 2.82 bits per heavy atom. The maximum Gasteiger partial charge on any atom is 0.273 e. The molecule has 1 aliphatic rings. The molecular formula is C24H29FN6O3. The molecule has 0 radical (unpaired) electrons. The van der Waals surface area contributed by atoms with Crippen LogP contribution in [0.2, 0.25) is 0 Å². The van der Waals surface area contributed by atoms with Crippen LogP contribution in [0, 0.1) is 5.82 Å². The summed E-state index contributed by atoms with van der Waals surface area (Å²) in [7, 11) is 1.89. The summed E-state index contributed by atoms with van der Waals surface area (Å²) in [6.07, 6.45) is 0.319. The Bertz CT molecular complexity index is 1100. The quantitative estimate of drug-likeness (QED) is 0.432. The molecule has 0 spiro atoms. The number of nitrogens with one attached hydrogen (secondary N) is 1. The number of amides is 1. The summed E-state index contributed by atoms with van der Waals surface area (Å²) in [6, 6.07) is 14.8. The topological polar surface area (TPSA) is 119 Å². The summed E-state index contributed by atoms with van der Waals surface area (Å²) in [4.78, 5) is 14.9. The van der Waals surface area contributed by atoms with Crippen molar-refractivity contribution in [2.45, 2.75) is 43.8 Å². The second kappa shape index (κ2) is 10.7. The number of rotatable bonds is 9. The minimum atomic E-state index is -0.921. The number of carbonyl (C=O) groups is 1. The first-order valence-electron chi connectivity index (χ1n) is 11.2. The molecule has 1 fully saturated rings. The highest BCUT2D eigenvalue weighted by Gasteiger charge is 2.46. The van der Waals surface area contributed by atoms with Crippen LogP contribution < -0.4 is 15.8 Å². The number of halogens is 1. The van der Waals surface area contributed by atoms with Crippen molar-refractivity contribution in [3.63, 3.8) is 0 Å². The van der Waals surface area contributed by atoms with E-state index in [4.69, 9.17) is 10.5 Å². The summed E-state index contributed by atoms with van der Waals surface area (Å²) in [5.41, 5.74) is 6.78. The molecule has 1 saturated carbocycles. The zero-order chi connectivity index (χ0) is 24.1. The summed E-state index contributed by atoms with van der Waals surface area (Å²) in [6.45, 7) is 1.40. The summed E-state index contributed by atoms with van der Waals surface area (Å²) in [5.74, 6) is -0.497. The van der Waals surface area contributed by atoms with Gasteiger partial charge in [-0.2, -0.15) is 0 Å². The molecule has 0 saturated heterocycles. The van der Waals surface area contributed by atoms with Crippen LogP contribution in [0.1, 0.15) is 22.5 Å². The van der Waals surface area contributed by atoms with Crippen molar-refractivity contribution in [1.82, 2.24) is 25.2 Å². The number of carbonyl (C=O) groups excluding carboxylic acids is 1. The van der Waals surface area contributed by atoms with Gasteiger partial charge in [0.15, 0.2) is 5.69 Å². The summed E-state index contributed by atoms with van der Waals surface area (Å²) >= 11 is 0. The van der Waals surface area contributed by atoms with Crippen molar-refractivity contribution in [1.29, 1.82) is 0 Å². The van der Waals surface area contributed by atoms with Crippen LogP contribution in [0.15, 0.2) is 60.8 Å². The normalized spacial score (nSPS) is 22.1. The minimum absolute atomic E-state index is 0.168. The van der Waals surface area contributed by atoms with E-state index in [9.17, 15) is 14.3 Å². The molecule has 0 aliphatic heterocycles. The van der Waals surface area contributed by atoms with E-state index in [1.165, 1.54) is 23.0 Å². The standard InChI is InChI=1S/C24H29FN6O3/c1-30(14-16-6-3-2-4-7-16)22-19(27-24(33)20-15-31(11-10-26)29-28-20)13-21(23(22)32)34-18-9-5-8-17(25)12-18/h2-9,12,15,19,21-23,32H,10-11,13-14,26H2,1H3,(H,27,33)/t19-,21-,22+,23+/m1/s1. The van der Waals surface area contributed by atoms with E-state index in [0.29, 0.717) is 31.8 Å². The van der Waals surface area contributed by atoms with Gasteiger partial charge in [-0.15, -0.1) is 5.10 Å². The van der Waals surface area contributed by atoms with E-state index >= 15 is 0 Å². The van der Waals surface area contributed by atoms with E-state index in [-0.39, 0.29) is 5.69 Å². The van der Waals surface area contributed by atoms with Gasteiger partial charge in [0.25, 0.3) is 5.91 Å². The van der Waals surface area contributed by atoms with Gasteiger partial charge in [-0.3, -0.25) is 14.4 Å². The Morgan fingerprint density at radius 2 is 2.09 bits per heavy atom. The molecule has 4 N–H and O–H groups in total. The van der Waals surface area contributed by atoms with E-state index in [1.807, 2.05) is 42.3 Å². The zero-order valence-corrected chi connectivity index (χ0v) is 18.9. The third-order valence-corrected chi connectivity index (χ3v) is 5.94. The van der Waals surface area contributed by atoms with Gasteiger partial charge < -0.3 is 20.9 Å². The lowest BCUT2D eigenvalue weighted by Crippen LogP contribution is -2.51. The van der Waals surface area contributed by atoms with E-state index < -0.39 is 36.0 Å². The van der Waals surface area contributed by atoms with Crippen LogP contribution in [0.4, 0.5) is 4.39 Å². The van der Waals surface area contributed by atoms with Crippen molar-refractivity contribution in [3.05, 3.63) is 77.9 Å². The number of nitrogens with zero attached hydrogens (tertiary/aromatic N) is 4. The van der Waals surface area contributed by atoms with Crippen LogP contribution in [-0.2, 0) is 13.1 Å². The highest BCUT2D eigenvalue weighted by atomic mass is 19.1. The number of likely N-dealkylation sites (N-methyl/N-ethyl adjacent to an activating group) is 1. The average molecular weight is 469 g/mol. The van der Waals surface area contributed by atoms with Gasteiger partial charge in [-0.1, -0.05) is 41.6 Å². The number of aliphatic hydroxyl groups is 1. The molecule has 0 bridgehead atoms. The van der Waals surface area contributed by atoms with E-state index in [0.717, 1.165) is 5.56 Å². The molecule has 1 heterocycles. The fourth-order valence-corrected chi connectivity index (χ4v) is 4.40. The molecule has 1 aromatic heterocycles. The fraction of sp³-hybridized carbons (Fsp3) is 0.375. The Balaban J connectivity index is 1.53. The minimum Gasteiger partial charge on any atom is -0.487 e. The first-order valence-corrected chi connectivity index (χ1v) is 11.2. The molecule has 10 heteroatoms. The van der Waals surface area contributed by atoms with Crippen LogP contribution in [0.5, 0.6) is 5.75 Å². The Kier molecular flexibility index (Phi) is 7.51. The number of benzene rings is 2. The van der Waals surface area contributed by atoms with Crippen molar-refractivity contribution in [2.75, 3.05) is 13.6 Å². The van der Waals surface area contributed by atoms with E-state index in [1.54, 1.807) is 12.1 Å². The van der Waals surface area contributed by atoms with Gasteiger partial charge in [0, 0.05) is 25.6 Å². The highest BCUT2D eigenvalue weighted by Crippen LogP contribution is 2.30. The molecule has 4 rings (SSSR count). The third kappa shape index (κ3) is 5.58. The number of hydrogen-bond donors (Lipinski definition) is 3. The first kappa shape index (κ1) is 23.8. The van der Waals surface area contributed by atoms with Crippen LogP contribution in [0.3, 0.4) is 0 Å². The number of nitrogens with two attached hydrogens (primary N) is 1. The van der Waals surface area contributed by atoms with Crippen molar-refractivity contribution >= 4 is 5.91 Å². The molecular weight excluding hydrogens is 439 g/mol. The van der Waals surface area contributed by atoms with Crippen molar-refractivity contribution in [3.8, 4) is 5.75 Å². The molecule has 1 amide bonds. The van der Waals surface area contributed by atoms with Crippen LogP contribution in [0.25, 0.3) is 0 Å². The molecule has 34 heavy (non-hydrogen) atoms. The van der Waals surface area contributed by atoms with Crippen LogP contribution >= 0.6 is 0 Å². The zero-order valence-electron chi connectivity index (χ0n) is 18.9. The van der Waals surface area contributed by atoms with Crippen LogP contribution in [-0.4, -0.2) is 68.8 Å². The molecule has 3 aromatic rings. The van der Waals surface area contributed by atoms with E-state index in [2.05, 4.69) is 15.6 Å². The largest absolute Gasteiger partial charge is 0.487 e. The predicted molar refractivity (Wildman–Crippen MR) is 123 cm³/mol. The molecule has 2 aromatic carbocycles. The van der Waals surface area contributed by atoms with Crippen molar-refractivity contribution < 1.29 is 19.0 Å². The van der Waals surface area contributed by atoms with Gasteiger partial charge in [-0.25, -0.2) is 4.39 Å². The molecule has 0 unspecified atom stereocenters. The first-order chi connectivity index (χ1) is 16.4. The lowest BCUT2D eigenvalue weighted by Gasteiger charge is -2.32. The predicted octanol–water partition coefficient (Wildman–Crippen LogP) is 1.19. The lowest BCUT2D eigenvalue weighted by molar-refractivity contribution is 0.0124. The maximum atomic E-state index is 13.6.